The van der Waals surface area contributed by atoms with Crippen LogP contribution >= 0.6 is 0 Å². The SMILES string of the molecule is CC1C2=NC(C)(N)NN2c2ccccc2N1C. The third-order valence-corrected chi connectivity index (χ3v) is 3.37. The number of aliphatic imine (C=N–C) groups is 1. The quantitative estimate of drug-likeness (QED) is 0.696. The number of likely N-dealkylation sites (N-methyl/N-ethyl adjacent to an activating group) is 1. The van der Waals surface area contributed by atoms with Crippen molar-refractivity contribution in [2.75, 3.05) is 17.0 Å². The van der Waals surface area contributed by atoms with Gasteiger partial charge in [0.15, 0.2) is 5.79 Å². The molecule has 0 fully saturated rings. The van der Waals surface area contributed by atoms with Crippen molar-refractivity contribution in [2.24, 2.45) is 10.7 Å². The van der Waals surface area contributed by atoms with Crippen molar-refractivity contribution in [3.63, 3.8) is 0 Å². The summed E-state index contributed by atoms with van der Waals surface area (Å²) in [5, 5.41) is 2.00. The van der Waals surface area contributed by atoms with E-state index in [1.165, 1.54) is 5.69 Å². The fourth-order valence-corrected chi connectivity index (χ4v) is 2.39. The zero-order chi connectivity index (χ0) is 12.2. The molecule has 0 spiro atoms. The Balaban J connectivity index is 2.16. The number of rotatable bonds is 0. The van der Waals surface area contributed by atoms with Crippen LogP contribution in [0.3, 0.4) is 0 Å². The summed E-state index contributed by atoms with van der Waals surface area (Å²) in [6.45, 7) is 4.00. The summed E-state index contributed by atoms with van der Waals surface area (Å²) in [7, 11) is 2.08. The molecule has 1 aromatic carbocycles. The third-order valence-electron chi connectivity index (χ3n) is 3.37. The average Bonchev–Trinajstić information content (AvgIpc) is 2.62. The number of benzene rings is 1. The Morgan fingerprint density at radius 3 is 2.71 bits per heavy atom. The molecular weight excluding hydrogens is 214 g/mol. The molecule has 2 unspecified atom stereocenters. The molecule has 5 nitrogen and oxygen atoms in total. The van der Waals surface area contributed by atoms with Crippen LogP contribution in [0.4, 0.5) is 11.4 Å². The molecular formula is C12H17N5. The van der Waals surface area contributed by atoms with Crippen LogP contribution in [-0.2, 0) is 0 Å². The van der Waals surface area contributed by atoms with Crippen LogP contribution < -0.4 is 21.1 Å². The van der Waals surface area contributed by atoms with Gasteiger partial charge in [-0.1, -0.05) is 12.1 Å². The highest BCUT2D eigenvalue weighted by atomic mass is 15.7. The van der Waals surface area contributed by atoms with Crippen LogP contribution in [0, 0.1) is 0 Å². The molecule has 0 saturated heterocycles. The zero-order valence-electron chi connectivity index (χ0n) is 10.3. The lowest BCUT2D eigenvalue weighted by Gasteiger charge is -2.39. The summed E-state index contributed by atoms with van der Waals surface area (Å²) >= 11 is 0. The Labute approximate surface area is 101 Å². The molecule has 17 heavy (non-hydrogen) atoms. The molecule has 3 N–H and O–H groups in total. The number of hydrogen-bond donors (Lipinski definition) is 2. The molecule has 1 aromatic rings. The van der Waals surface area contributed by atoms with Gasteiger partial charge in [0.25, 0.3) is 0 Å². The number of amidine groups is 1. The fraction of sp³-hybridized carbons (Fsp3) is 0.417. The van der Waals surface area contributed by atoms with E-state index in [1.807, 2.05) is 24.1 Å². The van der Waals surface area contributed by atoms with Crippen molar-refractivity contribution in [1.29, 1.82) is 0 Å². The lowest BCUT2D eigenvalue weighted by Crippen LogP contribution is -2.56. The first-order chi connectivity index (χ1) is 7.99. The normalized spacial score (nSPS) is 31.1. The van der Waals surface area contributed by atoms with Gasteiger partial charge in [-0.2, -0.15) is 5.43 Å². The van der Waals surface area contributed by atoms with Gasteiger partial charge in [-0.3, -0.25) is 10.7 Å². The summed E-state index contributed by atoms with van der Waals surface area (Å²) in [6.07, 6.45) is 0. The lowest BCUT2D eigenvalue weighted by atomic mass is 10.1. The Bertz CT molecular complexity index is 493. The number of hydrogen-bond acceptors (Lipinski definition) is 5. The zero-order valence-corrected chi connectivity index (χ0v) is 10.3. The van der Waals surface area contributed by atoms with Crippen LogP contribution in [0.2, 0.25) is 0 Å². The predicted octanol–water partition coefficient (Wildman–Crippen LogP) is 0.880. The Morgan fingerprint density at radius 2 is 2.00 bits per heavy atom. The molecule has 0 amide bonds. The molecule has 2 aliphatic heterocycles. The number of nitrogens with zero attached hydrogens (tertiary/aromatic N) is 3. The van der Waals surface area contributed by atoms with Crippen molar-refractivity contribution in [1.82, 2.24) is 5.43 Å². The van der Waals surface area contributed by atoms with Gasteiger partial charge < -0.3 is 4.90 Å². The maximum atomic E-state index is 6.04. The monoisotopic (exact) mass is 231 g/mol. The van der Waals surface area contributed by atoms with Gasteiger partial charge in [0.2, 0.25) is 0 Å². The summed E-state index contributed by atoms with van der Waals surface area (Å²) in [5.74, 6) is 0.248. The molecule has 3 rings (SSSR count). The minimum absolute atomic E-state index is 0.211. The van der Waals surface area contributed by atoms with Crippen LogP contribution in [0.15, 0.2) is 29.3 Å². The maximum absolute atomic E-state index is 6.04. The summed E-state index contributed by atoms with van der Waals surface area (Å²) in [6, 6.07) is 8.46. The summed E-state index contributed by atoms with van der Waals surface area (Å²) < 4.78 is 0. The second-order valence-corrected chi connectivity index (χ2v) is 4.84. The Morgan fingerprint density at radius 1 is 1.35 bits per heavy atom. The Hall–Kier alpha value is -1.59. The number of hydrazine groups is 1. The number of anilines is 2. The van der Waals surface area contributed by atoms with Gasteiger partial charge in [0, 0.05) is 7.05 Å². The van der Waals surface area contributed by atoms with Gasteiger partial charge in [-0.05, 0) is 26.0 Å². The fourth-order valence-electron chi connectivity index (χ4n) is 2.39. The smallest absolute Gasteiger partial charge is 0.178 e. The van der Waals surface area contributed by atoms with Crippen LogP contribution in [-0.4, -0.2) is 24.7 Å². The topological polar surface area (TPSA) is 56.9 Å². The highest BCUT2D eigenvalue weighted by molar-refractivity contribution is 6.09. The molecule has 0 bridgehead atoms. The van der Waals surface area contributed by atoms with Crippen molar-refractivity contribution >= 4 is 17.2 Å². The number of nitrogens with one attached hydrogen (secondary N) is 1. The van der Waals surface area contributed by atoms with Crippen molar-refractivity contribution in [2.45, 2.75) is 25.7 Å². The molecule has 2 aliphatic rings. The molecule has 90 valence electrons. The molecule has 0 aromatic heterocycles. The molecule has 0 radical (unpaired) electrons. The molecule has 2 atom stereocenters. The first-order valence-corrected chi connectivity index (χ1v) is 5.78. The van der Waals surface area contributed by atoms with Crippen molar-refractivity contribution in [3.05, 3.63) is 24.3 Å². The van der Waals surface area contributed by atoms with E-state index < -0.39 is 5.79 Å². The van der Waals surface area contributed by atoms with Gasteiger partial charge in [0.1, 0.15) is 5.84 Å². The minimum Gasteiger partial charge on any atom is -0.363 e. The van der Waals surface area contributed by atoms with E-state index in [0.29, 0.717) is 0 Å². The minimum atomic E-state index is -0.720. The van der Waals surface area contributed by atoms with Crippen LogP contribution in [0.25, 0.3) is 0 Å². The van der Waals surface area contributed by atoms with E-state index in [1.54, 1.807) is 0 Å². The van der Waals surface area contributed by atoms with E-state index in [-0.39, 0.29) is 6.04 Å². The highest BCUT2D eigenvalue weighted by Gasteiger charge is 2.40. The standard InChI is InChI=1S/C12H17N5/c1-8-11-14-12(2,13)15-17(11)10-7-5-4-6-9(10)16(8)3/h4-8,15H,13H2,1-3H3. The molecule has 5 heteroatoms. The first-order valence-electron chi connectivity index (χ1n) is 5.78. The van der Waals surface area contributed by atoms with E-state index in [0.717, 1.165) is 11.5 Å². The van der Waals surface area contributed by atoms with Crippen molar-refractivity contribution < 1.29 is 0 Å². The van der Waals surface area contributed by atoms with Crippen LogP contribution in [0.1, 0.15) is 13.8 Å². The van der Waals surface area contributed by atoms with Crippen molar-refractivity contribution in [3.8, 4) is 0 Å². The predicted molar refractivity (Wildman–Crippen MR) is 69.9 cm³/mol. The highest BCUT2D eigenvalue weighted by Crippen LogP contribution is 2.36. The van der Waals surface area contributed by atoms with Gasteiger partial charge in [0.05, 0.1) is 17.4 Å². The second kappa shape index (κ2) is 3.21. The average molecular weight is 231 g/mol. The van der Waals surface area contributed by atoms with E-state index in [4.69, 9.17) is 5.73 Å². The largest absolute Gasteiger partial charge is 0.363 e. The number of fused-ring (bicyclic) bond motifs is 3. The summed E-state index contributed by atoms with van der Waals surface area (Å²) in [4.78, 5) is 6.76. The second-order valence-electron chi connectivity index (χ2n) is 4.84. The van der Waals surface area contributed by atoms with Gasteiger partial charge in [-0.25, -0.2) is 4.99 Å². The first kappa shape index (κ1) is 10.6. The van der Waals surface area contributed by atoms with E-state index >= 15 is 0 Å². The lowest BCUT2D eigenvalue weighted by molar-refractivity contribution is 0.423. The van der Waals surface area contributed by atoms with E-state index in [2.05, 4.69) is 41.4 Å². The molecule has 0 saturated carbocycles. The van der Waals surface area contributed by atoms with Gasteiger partial charge >= 0.3 is 0 Å². The van der Waals surface area contributed by atoms with Gasteiger partial charge in [-0.15, -0.1) is 0 Å². The maximum Gasteiger partial charge on any atom is 0.178 e. The van der Waals surface area contributed by atoms with E-state index in [9.17, 15) is 0 Å². The summed E-state index contributed by atoms with van der Waals surface area (Å²) in [5.41, 5.74) is 11.5. The Kier molecular flexibility index (Phi) is 1.99. The number of nitrogens with two attached hydrogens (primary N) is 1. The molecule has 0 aliphatic carbocycles. The van der Waals surface area contributed by atoms with Crippen LogP contribution in [0.5, 0.6) is 0 Å². The third kappa shape index (κ3) is 1.43. The molecule has 2 heterocycles. The number of para-hydroxylation sites is 2.